The minimum atomic E-state index is -2.13. The SMILES string of the molecule is CO[Si](OC)OC[C@H](O[Si](OC)OC)[C@H]1OC(=O)C(O)=C1O. The summed E-state index contributed by atoms with van der Waals surface area (Å²) < 4.78 is 35.6. The number of hydrogen-bond donors (Lipinski definition) is 2. The van der Waals surface area contributed by atoms with Crippen LogP contribution in [0.5, 0.6) is 0 Å². The van der Waals surface area contributed by atoms with E-state index in [0.29, 0.717) is 0 Å². The highest BCUT2D eigenvalue weighted by molar-refractivity contribution is 6.36. The molecular formula is C10H18O10Si2. The number of rotatable bonds is 10. The highest BCUT2D eigenvalue weighted by atomic mass is 28.3. The Morgan fingerprint density at radius 1 is 1.09 bits per heavy atom. The topological polar surface area (TPSA) is 122 Å². The number of aliphatic hydroxyl groups is 2. The number of carbonyl (C=O) groups is 1. The van der Waals surface area contributed by atoms with E-state index in [9.17, 15) is 15.0 Å². The van der Waals surface area contributed by atoms with Crippen LogP contribution in [-0.4, -0.2) is 82.5 Å². The summed E-state index contributed by atoms with van der Waals surface area (Å²) in [5.41, 5.74) is 0. The summed E-state index contributed by atoms with van der Waals surface area (Å²) in [4.78, 5) is 11.3. The molecule has 0 saturated carbocycles. The van der Waals surface area contributed by atoms with Crippen LogP contribution >= 0.6 is 0 Å². The smallest absolute Gasteiger partial charge is 0.505 e. The molecule has 0 unspecified atom stereocenters. The monoisotopic (exact) mass is 354 g/mol. The zero-order valence-corrected chi connectivity index (χ0v) is 14.5. The Kier molecular flexibility index (Phi) is 7.98. The van der Waals surface area contributed by atoms with E-state index < -0.39 is 48.8 Å². The fourth-order valence-electron chi connectivity index (χ4n) is 1.56. The molecule has 22 heavy (non-hydrogen) atoms. The quantitative estimate of drug-likeness (QED) is 0.381. The molecule has 2 atom stereocenters. The summed E-state index contributed by atoms with van der Waals surface area (Å²) in [5.74, 6) is -2.56. The molecule has 1 aliphatic rings. The maximum absolute atomic E-state index is 11.3. The van der Waals surface area contributed by atoms with E-state index in [-0.39, 0.29) is 6.61 Å². The van der Waals surface area contributed by atoms with E-state index in [1.807, 2.05) is 0 Å². The standard InChI is InChI=1S/C10H18O10Si2/c1-14-21(15-2)18-5-6(20-22(16-3)17-4)9-7(11)8(12)10(13)19-9/h6,9,11-12H,5H2,1-4H3/t6-,9+/m0/s1. The normalized spacial score (nSPS) is 20.1. The average molecular weight is 354 g/mol. The maximum Gasteiger partial charge on any atom is 0.577 e. The molecule has 1 aliphatic heterocycles. The van der Waals surface area contributed by atoms with E-state index >= 15 is 0 Å². The second-order valence-corrected chi connectivity index (χ2v) is 7.00. The first kappa shape index (κ1) is 19.1. The minimum absolute atomic E-state index is 0.147. The fourth-order valence-corrected chi connectivity index (χ4v) is 3.06. The zero-order valence-electron chi connectivity index (χ0n) is 12.5. The third-order valence-electron chi connectivity index (χ3n) is 2.56. The second-order valence-electron chi connectivity index (χ2n) is 3.84. The van der Waals surface area contributed by atoms with Crippen molar-refractivity contribution >= 4 is 25.0 Å². The number of carbonyl (C=O) groups excluding carboxylic acids is 1. The molecule has 12 heteroatoms. The molecule has 0 bridgehead atoms. The van der Waals surface area contributed by atoms with Gasteiger partial charge in [0.15, 0.2) is 11.9 Å². The predicted octanol–water partition coefficient (Wildman–Crippen LogP) is -0.803. The molecule has 0 aromatic carbocycles. The van der Waals surface area contributed by atoms with E-state index in [2.05, 4.69) is 0 Å². The lowest BCUT2D eigenvalue weighted by Crippen LogP contribution is -2.43. The number of cyclic esters (lactones) is 1. The van der Waals surface area contributed by atoms with Crippen LogP contribution < -0.4 is 0 Å². The highest BCUT2D eigenvalue weighted by Crippen LogP contribution is 2.24. The summed E-state index contributed by atoms with van der Waals surface area (Å²) in [6.45, 7) is -0.147. The van der Waals surface area contributed by atoms with Crippen molar-refractivity contribution in [1.82, 2.24) is 0 Å². The van der Waals surface area contributed by atoms with E-state index in [1.165, 1.54) is 28.4 Å². The Bertz CT molecular complexity index is 395. The lowest BCUT2D eigenvalue weighted by atomic mass is 10.2. The van der Waals surface area contributed by atoms with Crippen LogP contribution in [0.25, 0.3) is 0 Å². The molecule has 0 spiro atoms. The minimum Gasteiger partial charge on any atom is -0.505 e. The molecule has 0 aromatic rings. The van der Waals surface area contributed by atoms with Gasteiger partial charge in [0.2, 0.25) is 5.76 Å². The van der Waals surface area contributed by atoms with Crippen molar-refractivity contribution in [3.05, 3.63) is 11.5 Å². The van der Waals surface area contributed by atoms with Crippen LogP contribution in [0.3, 0.4) is 0 Å². The van der Waals surface area contributed by atoms with Gasteiger partial charge in [-0.3, -0.25) is 0 Å². The summed E-state index contributed by atoms with van der Waals surface area (Å²) in [6.07, 6.45) is -2.22. The molecule has 0 saturated heterocycles. The summed E-state index contributed by atoms with van der Waals surface area (Å²) in [7, 11) is 1.45. The van der Waals surface area contributed by atoms with Crippen molar-refractivity contribution in [1.29, 1.82) is 0 Å². The molecule has 10 nitrogen and oxygen atoms in total. The van der Waals surface area contributed by atoms with E-state index in [0.717, 1.165) is 0 Å². The van der Waals surface area contributed by atoms with Gasteiger partial charge < -0.3 is 41.5 Å². The van der Waals surface area contributed by atoms with Gasteiger partial charge in [-0.1, -0.05) is 0 Å². The van der Waals surface area contributed by atoms with Gasteiger partial charge in [-0.05, 0) is 0 Å². The Morgan fingerprint density at radius 3 is 2.05 bits per heavy atom. The van der Waals surface area contributed by atoms with Crippen LogP contribution in [0, 0.1) is 0 Å². The van der Waals surface area contributed by atoms with Gasteiger partial charge in [-0.25, -0.2) is 4.79 Å². The van der Waals surface area contributed by atoms with Crippen molar-refractivity contribution in [3.63, 3.8) is 0 Å². The highest BCUT2D eigenvalue weighted by Gasteiger charge is 2.43. The van der Waals surface area contributed by atoms with Crippen LogP contribution in [-0.2, 0) is 36.1 Å². The Hall–Kier alpha value is -0.996. The Morgan fingerprint density at radius 2 is 1.64 bits per heavy atom. The zero-order chi connectivity index (χ0) is 16.7. The molecule has 0 aliphatic carbocycles. The van der Waals surface area contributed by atoms with Crippen molar-refractivity contribution in [3.8, 4) is 0 Å². The third kappa shape index (κ3) is 4.75. The molecule has 1 rings (SSSR count). The number of aliphatic hydroxyl groups excluding tert-OH is 2. The number of esters is 1. The van der Waals surface area contributed by atoms with Crippen molar-refractivity contribution < 1.29 is 46.3 Å². The first-order valence-corrected chi connectivity index (χ1v) is 8.45. The van der Waals surface area contributed by atoms with E-state index in [4.69, 9.17) is 31.3 Å². The van der Waals surface area contributed by atoms with Gasteiger partial charge in [-0.2, -0.15) is 0 Å². The summed E-state index contributed by atoms with van der Waals surface area (Å²) in [6, 6.07) is 0. The Labute approximate surface area is 131 Å². The van der Waals surface area contributed by atoms with Crippen LogP contribution in [0.4, 0.5) is 0 Å². The van der Waals surface area contributed by atoms with Crippen molar-refractivity contribution in [2.75, 3.05) is 35.0 Å². The largest absolute Gasteiger partial charge is 0.577 e. The molecule has 2 N–H and O–H groups in total. The fraction of sp³-hybridized carbons (Fsp3) is 0.700. The average Bonchev–Trinajstić information content (AvgIpc) is 2.79. The molecule has 2 radical (unpaired) electrons. The van der Waals surface area contributed by atoms with Crippen molar-refractivity contribution in [2.45, 2.75) is 12.2 Å². The number of ether oxygens (including phenoxy) is 1. The van der Waals surface area contributed by atoms with E-state index in [1.54, 1.807) is 0 Å². The van der Waals surface area contributed by atoms with Gasteiger partial charge in [0.1, 0.15) is 6.10 Å². The van der Waals surface area contributed by atoms with Gasteiger partial charge in [-0.15, -0.1) is 0 Å². The van der Waals surface area contributed by atoms with Crippen LogP contribution in [0.1, 0.15) is 0 Å². The lowest BCUT2D eigenvalue weighted by Gasteiger charge is -2.25. The number of hydrogen-bond acceptors (Lipinski definition) is 10. The van der Waals surface area contributed by atoms with Gasteiger partial charge in [0.05, 0.1) is 6.61 Å². The molecule has 0 aromatic heterocycles. The van der Waals surface area contributed by atoms with Crippen LogP contribution in [0.15, 0.2) is 11.5 Å². The first-order chi connectivity index (χ1) is 10.5. The lowest BCUT2D eigenvalue weighted by molar-refractivity contribution is -0.148. The van der Waals surface area contributed by atoms with Gasteiger partial charge >= 0.3 is 25.0 Å². The second kappa shape index (κ2) is 9.21. The summed E-state index contributed by atoms with van der Waals surface area (Å²) >= 11 is 0. The molecule has 0 fully saturated rings. The van der Waals surface area contributed by atoms with Crippen LogP contribution in [0.2, 0.25) is 0 Å². The molecule has 0 amide bonds. The summed E-state index contributed by atoms with van der Waals surface area (Å²) in [5, 5.41) is 19.1. The molecular weight excluding hydrogens is 336 g/mol. The predicted molar refractivity (Wildman–Crippen MR) is 72.5 cm³/mol. The third-order valence-corrected chi connectivity index (χ3v) is 4.79. The molecule has 126 valence electrons. The van der Waals surface area contributed by atoms with Gasteiger partial charge in [0.25, 0.3) is 0 Å². The maximum atomic E-state index is 11.3. The Balaban J connectivity index is 2.80. The van der Waals surface area contributed by atoms with Crippen molar-refractivity contribution in [2.24, 2.45) is 0 Å². The first-order valence-electron chi connectivity index (χ1n) is 6.00. The van der Waals surface area contributed by atoms with Gasteiger partial charge in [0, 0.05) is 28.4 Å². The molecule has 1 heterocycles.